The Bertz CT molecular complexity index is 1150. The fourth-order valence-corrected chi connectivity index (χ4v) is 4.15. The SMILES string of the molecule is C=CC(=O)N1CCCC(Cn2nc(-c3ccc(Oc4ccccc4)cc3)c(C(N)=O)c2N)C1. The number of piperidine rings is 1. The monoisotopic (exact) mass is 445 g/mol. The highest BCUT2D eigenvalue weighted by Gasteiger charge is 2.26. The average molecular weight is 446 g/mol. The number of carbonyl (C=O) groups excluding carboxylic acids is 2. The maximum atomic E-state index is 12.2. The summed E-state index contributed by atoms with van der Waals surface area (Å²) in [4.78, 5) is 26.0. The lowest BCUT2D eigenvalue weighted by molar-refractivity contribution is -0.127. The van der Waals surface area contributed by atoms with Gasteiger partial charge >= 0.3 is 0 Å². The second kappa shape index (κ2) is 9.60. The van der Waals surface area contributed by atoms with Crippen molar-refractivity contribution in [2.75, 3.05) is 18.8 Å². The van der Waals surface area contributed by atoms with Gasteiger partial charge in [-0.1, -0.05) is 24.8 Å². The van der Waals surface area contributed by atoms with Crippen molar-refractivity contribution in [3.63, 3.8) is 0 Å². The van der Waals surface area contributed by atoms with Crippen molar-refractivity contribution in [1.29, 1.82) is 0 Å². The van der Waals surface area contributed by atoms with Crippen molar-refractivity contribution in [2.45, 2.75) is 19.4 Å². The van der Waals surface area contributed by atoms with E-state index in [1.54, 1.807) is 9.58 Å². The molecule has 2 aromatic carbocycles. The van der Waals surface area contributed by atoms with Gasteiger partial charge in [0.15, 0.2) is 0 Å². The van der Waals surface area contributed by atoms with Crippen LogP contribution in [0.1, 0.15) is 23.2 Å². The Balaban J connectivity index is 1.56. The van der Waals surface area contributed by atoms with E-state index in [2.05, 4.69) is 11.7 Å². The summed E-state index contributed by atoms with van der Waals surface area (Å²) in [7, 11) is 0. The Labute approximate surface area is 192 Å². The molecule has 1 aliphatic rings. The van der Waals surface area contributed by atoms with Crippen molar-refractivity contribution < 1.29 is 14.3 Å². The Morgan fingerprint density at radius 2 is 1.82 bits per heavy atom. The molecule has 1 unspecified atom stereocenters. The highest BCUT2D eigenvalue weighted by atomic mass is 16.5. The van der Waals surface area contributed by atoms with Crippen molar-refractivity contribution in [2.24, 2.45) is 11.7 Å². The largest absolute Gasteiger partial charge is 0.457 e. The van der Waals surface area contributed by atoms with E-state index in [0.29, 0.717) is 36.6 Å². The lowest BCUT2D eigenvalue weighted by Gasteiger charge is -2.32. The topological polar surface area (TPSA) is 116 Å². The Kier molecular flexibility index (Phi) is 6.44. The number of likely N-dealkylation sites (tertiary alicyclic amines) is 1. The highest BCUT2D eigenvalue weighted by molar-refractivity contribution is 6.03. The predicted octanol–water partition coefficient (Wildman–Crippen LogP) is 3.45. The molecule has 2 amide bonds. The van der Waals surface area contributed by atoms with Gasteiger partial charge in [-0.05, 0) is 61.2 Å². The number of aromatic nitrogens is 2. The maximum absolute atomic E-state index is 12.2. The van der Waals surface area contributed by atoms with Gasteiger partial charge in [-0.3, -0.25) is 9.59 Å². The third kappa shape index (κ3) is 4.90. The zero-order valence-corrected chi connectivity index (χ0v) is 18.3. The molecule has 4 N–H and O–H groups in total. The minimum absolute atomic E-state index is 0.0792. The lowest BCUT2D eigenvalue weighted by Crippen LogP contribution is -2.40. The molecule has 4 rings (SSSR count). The van der Waals surface area contributed by atoms with Gasteiger partial charge in [-0.25, -0.2) is 4.68 Å². The van der Waals surface area contributed by atoms with Crippen molar-refractivity contribution in [3.05, 3.63) is 72.8 Å². The van der Waals surface area contributed by atoms with Gasteiger partial charge < -0.3 is 21.1 Å². The molecule has 3 aromatic rings. The van der Waals surface area contributed by atoms with Crippen LogP contribution in [0.25, 0.3) is 11.3 Å². The van der Waals surface area contributed by atoms with E-state index < -0.39 is 5.91 Å². The summed E-state index contributed by atoms with van der Waals surface area (Å²) in [5, 5.41) is 4.63. The summed E-state index contributed by atoms with van der Waals surface area (Å²) in [6.45, 7) is 5.36. The number of hydrogen-bond donors (Lipinski definition) is 2. The molecular weight excluding hydrogens is 418 g/mol. The summed E-state index contributed by atoms with van der Waals surface area (Å²) in [5.74, 6) is 1.07. The number of rotatable bonds is 7. The van der Waals surface area contributed by atoms with E-state index in [0.717, 1.165) is 18.6 Å². The van der Waals surface area contributed by atoms with E-state index >= 15 is 0 Å². The number of anilines is 1. The van der Waals surface area contributed by atoms with Crippen LogP contribution in [0.15, 0.2) is 67.3 Å². The molecule has 1 aromatic heterocycles. The lowest BCUT2D eigenvalue weighted by atomic mass is 9.98. The summed E-state index contributed by atoms with van der Waals surface area (Å²) in [6, 6.07) is 16.7. The first-order chi connectivity index (χ1) is 16.0. The van der Waals surface area contributed by atoms with E-state index in [1.807, 2.05) is 54.6 Å². The van der Waals surface area contributed by atoms with Gasteiger partial charge in [0.1, 0.15) is 28.6 Å². The fourth-order valence-electron chi connectivity index (χ4n) is 4.15. The van der Waals surface area contributed by atoms with Crippen molar-refractivity contribution in [1.82, 2.24) is 14.7 Å². The molecule has 2 heterocycles. The molecule has 170 valence electrons. The van der Waals surface area contributed by atoms with E-state index in [9.17, 15) is 9.59 Å². The zero-order valence-electron chi connectivity index (χ0n) is 18.3. The number of amides is 2. The first-order valence-electron chi connectivity index (χ1n) is 10.9. The first-order valence-corrected chi connectivity index (χ1v) is 10.9. The van der Waals surface area contributed by atoms with Crippen molar-refractivity contribution in [3.8, 4) is 22.8 Å². The van der Waals surface area contributed by atoms with Crippen LogP contribution in [0.4, 0.5) is 5.82 Å². The van der Waals surface area contributed by atoms with Gasteiger partial charge in [0, 0.05) is 25.2 Å². The van der Waals surface area contributed by atoms with Gasteiger partial charge in [0.2, 0.25) is 5.91 Å². The van der Waals surface area contributed by atoms with E-state index in [4.69, 9.17) is 16.2 Å². The van der Waals surface area contributed by atoms with Crippen LogP contribution in [0.3, 0.4) is 0 Å². The Morgan fingerprint density at radius 1 is 1.12 bits per heavy atom. The number of nitrogens with zero attached hydrogens (tertiary/aromatic N) is 3. The third-order valence-corrected chi connectivity index (χ3v) is 5.78. The molecular formula is C25H27N5O3. The Morgan fingerprint density at radius 3 is 2.48 bits per heavy atom. The second-order valence-corrected chi connectivity index (χ2v) is 8.09. The number of para-hydroxylation sites is 1. The van der Waals surface area contributed by atoms with Gasteiger partial charge in [-0.15, -0.1) is 0 Å². The quantitative estimate of drug-likeness (QED) is 0.540. The van der Waals surface area contributed by atoms with Gasteiger partial charge in [-0.2, -0.15) is 5.10 Å². The molecule has 1 aliphatic heterocycles. The van der Waals surface area contributed by atoms with Crippen LogP contribution in [0, 0.1) is 5.92 Å². The molecule has 0 saturated carbocycles. The number of hydrogen-bond acceptors (Lipinski definition) is 5. The average Bonchev–Trinajstić information content (AvgIpc) is 3.16. The molecule has 0 bridgehead atoms. The third-order valence-electron chi connectivity index (χ3n) is 5.78. The molecule has 1 atom stereocenters. The molecule has 33 heavy (non-hydrogen) atoms. The van der Waals surface area contributed by atoms with E-state index in [-0.39, 0.29) is 23.2 Å². The number of benzene rings is 2. The molecule has 0 radical (unpaired) electrons. The maximum Gasteiger partial charge on any atom is 0.254 e. The van der Waals surface area contributed by atoms with Gasteiger partial charge in [0.25, 0.3) is 5.91 Å². The minimum atomic E-state index is -0.634. The number of primary amides is 1. The minimum Gasteiger partial charge on any atom is -0.457 e. The van der Waals surface area contributed by atoms with Crippen molar-refractivity contribution >= 4 is 17.6 Å². The zero-order chi connectivity index (χ0) is 23.4. The van der Waals surface area contributed by atoms with E-state index in [1.165, 1.54) is 6.08 Å². The fraction of sp³-hybridized carbons (Fsp3) is 0.240. The number of ether oxygens (including phenoxy) is 1. The van der Waals surface area contributed by atoms with Crippen LogP contribution in [-0.4, -0.2) is 39.6 Å². The molecule has 0 spiro atoms. The molecule has 0 aliphatic carbocycles. The van der Waals surface area contributed by atoms with Gasteiger partial charge in [0.05, 0.1) is 0 Å². The predicted molar refractivity (Wildman–Crippen MR) is 127 cm³/mol. The second-order valence-electron chi connectivity index (χ2n) is 8.09. The molecule has 8 heteroatoms. The summed E-state index contributed by atoms with van der Waals surface area (Å²) in [5.41, 5.74) is 13.3. The number of nitrogens with two attached hydrogens (primary N) is 2. The van der Waals surface area contributed by atoms with Crippen LogP contribution in [0.5, 0.6) is 11.5 Å². The van der Waals surface area contributed by atoms with Crippen LogP contribution < -0.4 is 16.2 Å². The highest BCUT2D eigenvalue weighted by Crippen LogP contribution is 2.31. The molecule has 1 fully saturated rings. The standard InChI is InChI=1S/C25H27N5O3/c1-2-21(31)29-14-6-7-17(15-29)16-30-24(26)22(25(27)32)23(28-30)18-10-12-20(13-11-18)33-19-8-4-3-5-9-19/h2-5,8-13,17H,1,6-7,14-16,26H2,(H2,27,32). The smallest absolute Gasteiger partial charge is 0.254 e. The number of nitrogen functional groups attached to an aromatic ring is 1. The normalized spacial score (nSPS) is 15.8. The molecule has 8 nitrogen and oxygen atoms in total. The molecule has 1 saturated heterocycles. The number of carbonyl (C=O) groups is 2. The van der Waals surface area contributed by atoms with Crippen LogP contribution in [-0.2, 0) is 11.3 Å². The van der Waals surface area contributed by atoms with Crippen LogP contribution in [0.2, 0.25) is 0 Å². The Hall–Kier alpha value is -4.07. The summed E-state index contributed by atoms with van der Waals surface area (Å²) < 4.78 is 7.46. The summed E-state index contributed by atoms with van der Waals surface area (Å²) >= 11 is 0. The first kappa shape index (κ1) is 22.1. The summed E-state index contributed by atoms with van der Waals surface area (Å²) in [6.07, 6.45) is 3.16. The van der Waals surface area contributed by atoms with Crippen LogP contribution >= 0.6 is 0 Å².